The molecule has 10 heteroatoms. The van der Waals surface area contributed by atoms with Crippen molar-refractivity contribution < 1.29 is 22.7 Å². The van der Waals surface area contributed by atoms with Crippen LogP contribution in [0.3, 0.4) is 0 Å². The minimum Gasteiger partial charge on any atom is -0.379 e. The molecule has 0 radical (unpaired) electrons. The summed E-state index contributed by atoms with van der Waals surface area (Å²) in [6.07, 6.45) is 3.46. The van der Waals surface area contributed by atoms with Crippen LogP contribution in [0.25, 0.3) is 0 Å². The standard InChI is InChI=1S/C35H44ClN3O5S/c1-27(2)44-24-8-21-37-35(41)33(25-29-9-4-3-5-10-29)39(26-30-11-16-31(36)17-12-30)34(40)20-15-28-13-18-32(19-14-28)45(42,43)38-22-6-7-23-38/h3-5,9-14,16-19,27,33H,6-8,15,20-26H2,1-2H3,(H,37,41). The molecule has 1 fully saturated rings. The van der Waals surface area contributed by atoms with Gasteiger partial charge in [0.05, 0.1) is 11.0 Å². The maximum atomic E-state index is 14.0. The summed E-state index contributed by atoms with van der Waals surface area (Å²) in [5, 5.41) is 3.62. The van der Waals surface area contributed by atoms with Crippen molar-refractivity contribution in [3.05, 3.63) is 101 Å². The van der Waals surface area contributed by atoms with E-state index in [-0.39, 0.29) is 35.8 Å². The molecule has 1 aliphatic heterocycles. The van der Waals surface area contributed by atoms with Gasteiger partial charge in [0.1, 0.15) is 6.04 Å². The largest absolute Gasteiger partial charge is 0.379 e. The molecule has 1 unspecified atom stereocenters. The van der Waals surface area contributed by atoms with Crippen LogP contribution in [0.4, 0.5) is 0 Å². The molecule has 2 amide bonds. The minimum atomic E-state index is -3.51. The third-order valence-electron chi connectivity index (χ3n) is 7.86. The summed E-state index contributed by atoms with van der Waals surface area (Å²) in [5.41, 5.74) is 2.66. The van der Waals surface area contributed by atoms with Gasteiger partial charge in [-0.1, -0.05) is 66.2 Å². The van der Waals surface area contributed by atoms with Gasteiger partial charge in [0.15, 0.2) is 0 Å². The molecule has 0 saturated carbocycles. The molecule has 1 N–H and O–H groups in total. The van der Waals surface area contributed by atoms with Gasteiger partial charge in [-0.15, -0.1) is 0 Å². The Morgan fingerprint density at radius 1 is 0.911 bits per heavy atom. The van der Waals surface area contributed by atoms with E-state index in [1.807, 2.05) is 56.3 Å². The van der Waals surface area contributed by atoms with Crippen molar-refractivity contribution in [3.8, 4) is 0 Å². The second-order valence-electron chi connectivity index (χ2n) is 11.7. The molecule has 3 aromatic carbocycles. The Morgan fingerprint density at radius 2 is 1.56 bits per heavy atom. The molecule has 1 aliphatic rings. The number of rotatable bonds is 16. The average Bonchev–Trinajstić information content (AvgIpc) is 3.59. The van der Waals surface area contributed by atoms with Crippen molar-refractivity contribution in [1.82, 2.24) is 14.5 Å². The van der Waals surface area contributed by atoms with E-state index in [0.29, 0.717) is 50.5 Å². The van der Waals surface area contributed by atoms with Gasteiger partial charge >= 0.3 is 0 Å². The van der Waals surface area contributed by atoms with Crippen LogP contribution in [0.15, 0.2) is 83.8 Å². The third kappa shape index (κ3) is 10.4. The zero-order valence-corrected chi connectivity index (χ0v) is 27.7. The Labute approximate surface area is 272 Å². The van der Waals surface area contributed by atoms with Gasteiger partial charge in [0, 0.05) is 50.7 Å². The minimum absolute atomic E-state index is 0.115. The quantitative estimate of drug-likeness (QED) is 0.202. The molecule has 4 rings (SSSR count). The number of sulfonamides is 1. The highest BCUT2D eigenvalue weighted by Gasteiger charge is 2.30. The van der Waals surface area contributed by atoms with Crippen LogP contribution < -0.4 is 5.32 Å². The van der Waals surface area contributed by atoms with Crippen LogP contribution in [-0.2, 0) is 43.7 Å². The van der Waals surface area contributed by atoms with Gasteiger partial charge in [-0.25, -0.2) is 8.42 Å². The van der Waals surface area contributed by atoms with Crippen molar-refractivity contribution in [3.63, 3.8) is 0 Å². The van der Waals surface area contributed by atoms with E-state index in [9.17, 15) is 18.0 Å². The number of amides is 2. The maximum Gasteiger partial charge on any atom is 0.243 e. The van der Waals surface area contributed by atoms with Crippen molar-refractivity contribution >= 4 is 33.4 Å². The molecule has 242 valence electrons. The number of halogens is 1. The summed E-state index contributed by atoms with van der Waals surface area (Å²) in [6, 6.07) is 23.0. The number of aryl methyl sites for hydroxylation is 1. The molecule has 3 aromatic rings. The van der Waals surface area contributed by atoms with Crippen LogP contribution in [0.2, 0.25) is 5.02 Å². The summed E-state index contributed by atoms with van der Waals surface area (Å²) in [6.45, 7) is 6.25. The van der Waals surface area contributed by atoms with E-state index >= 15 is 0 Å². The zero-order chi connectivity index (χ0) is 32.2. The SMILES string of the molecule is CC(C)OCCCNC(=O)C(Cc1ccccc1)N(Cc1ccc(Cl)cc1)C(=O)CCc1ccc(S(=O)(=O)N2CCCC2)cc1. The number of benzene rings is 3. The third-order valence-corrected chi connectivity index (χ3v) is 10.0. The molecule has 45 heavy (non-hydrogen) atoms. The lowest BCUT2D eigenvalue weighted by molar-refractivity contribution is -0.141. The Morgan fingerprint density at radius 3 is 2.20 bits per heavy atom. The number of hydrogen-bond donors (Lipinski definition) is 1. The summed E-state index contributed by atoms with van der Waals surface area (Å²) in [4.78, 5) is 29.6. The van der Waals surface area contributed by atoms with Crippen LogP contribution in [0.5, 0.6) is 0 Å². The first-order valence-corrected chi connectivity index (χ1v) is 17.5. The molecule has 0 spiro atoms. The van der Waals surface area contributed by atoms with Crippen LogP contribution in [0.1, 0.15) is 56.2 Å². The molecule has 1 atom stereocenters. The molecule has 1 saturated heterocycles. The fourth-order valence-corrected chi connectivity index (χ4v) is 7.00. The lowest BCUT2D eigenvalue weighted by Crippen LogP contribution is -2.50. The highest BCUT2D eigenvalue weighted by Crippen LogP contribution is 2.22. The van der Waals surface area contributed by atoms with Crippen molar-refractivity contribution in [1.29, 1.82) is 0 Å². The first-order valence-electron chi connectivity index (χ1n) is 15.7. The van der Waals surface area contributed by atoms with Gasteiger partial charge in [-0.2, -0.15) is 4.31 Å². The van der Waals surface area contributed by atoms with Crippen molar-refractivity contribution in [2.24, 2.45) is 0 Å². The van der Waals surface area contributed by atoms with Gasteiger partial charge in [0.25, 0.3) is 0 Å². The highest BCUT2D eigenvalue weighted by molar-refractivity contribution is 7.89. The molecular formula is C35H44ClN3O5S. The van der Waals surface area contributed by atoms with E-state index in [0.717, 1.165) is 29.5 Å². The molecular weight excluding hydrogens is 610 g/mol. The molecule has 8 nitrogen and oxygen atoms in total. The lowest BCUT2D eigenvalue weighted by atomic mass is 10.0. The summed E-state index contributed by atoms with van der Waals surface area (Å²) < 4.78 is 33.0. The number of carbonyl (C=O) groups is 2. The average molecular weight is 654 g/mol. The monoisotopic (exact) mass is 653 g/mol. The number of nitrogens with zero attached hydrogens (tertiary/aromatic N) is 2. The fraction of sp³-hybridized carbons (Fsp3) is 0.429. The molecule has 1 heterocycles. The van der Waals surface area contributed by atoms with Crippen LogP contribution >= 0.6 is 11.6 Å². The number of hydrogen-bond acceptors (Lipinski definition) is 5. The predicted octanol–water partition coefficient (Wildman–Crippen LogP) is 5.63. The van der Waals surface area contributed by atoms with Crippen molar-refractivity contribution in [2.45, 2.75) is 76.0 Å². The Kier molecular flexibility index (Phi) is 13.0. The predicted molar refractivity (Wildman–Crippen MR) is 177 cm³/mol. The first-order chi connectivity index (χ1) is 21.6. The molecule has 0 bridgehead atoms. The first kappa shape index (κ1) is 34.6. The van der Waals surface area contributed by atoms with E-state index in [2.05, 4.69) is 5.32 Å². The van der Waals surface area contributed by atoms with Gasteiger partial charge < -0.3 is 15.0 Å². The van der Waals surface area contributed by atoms with Crippen molar-refractivity contribution in [2.75, 3.05) is 26.2 Å². The second-order valence-corrected chi connectivity index (χ2v) is 14.0. The van der Waals surface area contributed by atoms with E-state index in [1.54, 1.807) is 41.3 Å². The smallest absolute Gasteiger partial charge is 0.243 e. The van der Waals surface area contributed by atoms with E-state index in [1.165, 1.54) is 4.31 Å². The number of nitrogens with one attached hydrogen (secondary N) is 1. The fourth-order valence-electron chi connectivity index (χ4n) is 5.36. The van der Waals surface area contributed by atoms with Crippen LogP contribution in [0, 0.1) is 0 Å². The Bertz CT molecular complexity index is 1480. The summed E-state index contributed by atoms with van der Waals surface area (Å²) in [7, 11) is -3.51. The van der Waals surface area contributed by atoms with Gasteiger partial charge in [0.2, 0.25) is 21.8 Å². The van der Waals surface area contributed by atoms with E-state index in [4.69, 9.17) is 16.3 Å². The second kappa shape index (κ2) is 16.9. The topological polar surface area (TPSA) is 96.0 Å². The van der Waals surface area contributed by atoms with Gasteiger partial charge in [-0.3, -0.25) is 9.59 Å². The number of carbonyl (C=O) groups excluding carboxylic acids is 2. The molecule has 0 aromatic heterocycles. The van der Waals surface area contributed by atoms with Crippen LogP contribution in [-0.4, -0.2) is 67.8 Å². The molecule has 0 aliphatic carbocycles. The zero-order valence-electron chi connectivity index (χ0n) is 26.2. The Hall–Kier alpha value is -3.24. The van der Waals surface area contributed by atoms with E-state index < -0.39 is 16.1 Å². The van der Waals surface area contributed by atoms with Gasteiger partial charge in [-0.05, 0) is 80.5 Å². The normalized spacial score (nSPS) is 14.4. The summed E-state index contributed by atoms with van der Waals surface area (Å²) in [5.74, 6) is -0.389. The maximum absolute atomic E-state index is 14.0. The Balaban J connectivity index is 1.52. The summed E-state index contributed by atoms with van der Waals surface area (Å²) >= 11 is 6.13. The lowest BCUT2D eigenvalue weighted by Gasteiger charge is -2.32. The highest BCUT2D eigenvalue weighted by atomic mass is 35.5. The number of ether oxygens (including phenoxy) is 1.